The Labute approximate surface area is 140 Å². The Hall–Kier alpha value is -3.21. The molecule has 0 fully saturated rings. The van der Waals surface area contributed by atoms with Crippen molar-refractivity contribution in [3.8, 4) is 11.8 Å². The van der Waals surface area contributed by atoms with Crippen LogP contribution in [-0.4, -0.2) is 15.9 Å². The van der Waals surface area contributed by atoms with E-state index in [0.29, 0.717) is 17.0 Å². The van der Waals surface area contributed by atoms with Crippen molar-refractivity contribution >= 4 is 11.6 Å². The van der Waals surface area contributed by atoms with Crippen LogP contribution in [-0.2, 0) is 0 Å². The molecule has 24 heavy (non-hydrogen) atoms. The lowest BCUT2D eigenvalue weighted by atomic mass is 10.1. The van der Waals surface area contributed by atoms with Gasteiger partial charge in [-0.3, -0.25) is 4.79 Å². The van der Waals surface area contributed by atoms with E-state index in [4.69, 9.17) is 4.74 Å². The van der Waals surface area contributed by atoms with Gasteiger partial charge in [0.05, 0.1) is 18.1 Å². The Bertz CT molecular complexity index is 846. The molecule has 1 N–H and O–H groups in total. The van der Waals surface area contributed by atoms with Gasteiger partial charge in [-0.05, 0) is 37.6 Å². The highest BCUT2D eigenvalue weighted by atomic mass is 16.5. The maximum atomic E-state index is 12.4. The fourth-order valence-corrected chi connectivity index (χ4v) is 2.21. The number of amides is 1. The smallest absolute Gasteiger partial charge is 0.322 e. The molecule has 0 saturated carbocycles. The number of carbonyl (C=O) groups excluding carboxylic acids is 1. The van der Waals surface area contributed by atoms with Gasteiger partial charge in [0, 0.05) is 5.56 Å². The Morgan fingerprint density at radius 2 is 1.71 bits per heavy atom. The first kappa shape index (κ1) is 15.7. The maximum Gasteiger partial charge on any atom is 0.322 e. The van der Waals surface area contributed by atoms with Crippen LogP contribution in [0.25, 0.3) is 0 Å². The van der Waals surface area contributed by atoms with Gasteiger partial charge >= 0.3 is 6.01 Å². The number of aromatic nitrogens is 2. The summed E-state index contributed by atoms with van der Waals surface area (Å²) < 4.78 is 5.52. The number of carbonyl (C=O) groups is 1. The molecule has 1 aromatic heterocycles. The van der Waals surface area contributed by atoms with Crippen molar-refractivity contribution in [2.45, 2.75) is 13.8 Å². The number of anilines is 1. The first-order chi connectivity index (χ1) is 11.6. The third kappa shape index (κ3) is 3.76. The fraction of sp³-hybridized carbons (Fsp3) is 0.105. The van der Waals surface area contributed by atoms with Gasteiger partial charge in [0.15, 0.2) is 0 Å². The molecule has 0 aliphatic rings. The van der Waals surface area contributed by atoms with E-state index in [1.54, 1.807) is 0 Å². The van der Waals surface area contributed by atoms with Crippen LogP contribution in [0.1, 0.15) is 21.5 Å². The van der Waals surface area contributed by atoms with Crippen molar-refractivity contribution < 1.29 is 9.53 Å². The minimum atomic E-state index is -0.184. The van der Waals surface area contributed by atoms with Gasteiger partial charge in [0.1, 0.15) is 5.75 Å². The highest BCUT2D eigenvalue weighted by molar-refractivity contribution is 6.05. The van der Waals surface area contributed by atoms with Crippen molar-refractivity contribution in [3.05, 3.63) is 77.6 Å². The van der Waals surface area contributed by atoms with Crippen LogP contribution in [0.3, 0.4) is 0 Å². The Morgan fingerprint density at radius 1 is 1.00 bits per heavy atom. The first-order valence-corrected chi connectivity index (χ1v) is 7.55. The number of hydrogen-bond donors (Lipinski definition) is 1. The zero-order valence-electron chi connectivity index (χ0n) is 13.5. The van der Waals surface area contributed by atoms with Gasteiger partial charge in [-0.1, -0.05) is 35.9 Å². The minimum Gasteiger partial charge on any atom is -0.424 e. The van der Waals surface area contributed by atoms with Crippen LogP contribution in [0.15, 0.2) is 60.9 Å². The summed E-state index contributed by atoms with van der Waals surface area (Å²) in [5.74, 6) is 0.473. The summed E-state index contributed by atoms with van der Waals surface area (Å²) in [7, 11) is 0. The van der Waals surface area contributed by atoms with Crippen LogP contribution in [0.2, 0.25) is 0 Å². The lowest BCUT2D eigenvalue weighted by molar-refractivity contribution is 0.102. The summed E-state index contributed by atoms with van der Waals surface area (Å²) in [6.07, 6.45) is 3.04. The zero-order valence-corrected chi connectivity index (χ0v) is 13.5. The van der Waals surface area contributed by atoms with Crippen molar-refractivity contribution in [2.75, 3.05) is 5.32 Å². The van der Waals surface area contributed by atoms with E-state index in [9.17, 15) is 4.79 Å². The number of hydrogen-bond acceptors (Lipinski definition) is 4. The van der Waals surface area contributed by atoms with Crippen LogP contribution in [0.4, 0.5) is 5.69 Å². The number of ether oxygens (including phenoxy) is 1. The predicted molar refractivity (Wildman–Crippen MR) is 92.4 cm³/mol. The Morgan fingerprint density at radius 3 is 2.42 bits per heavy atom. The van der Waals surface area contributed by atoms with Gasteiger partial charge in [0.2, 0.25) is 0 Å². The van der Waals surface area contributed by atoms with E-state index in [2.05, 4.69) is 15.3 Å². The summed E-state index contributed by atoms with van der Waals surface area (Å²) >= 11 is 0. The average molecular weight is 319 g/mol. The maximum absolute atomic E-state index is 12.4. The van der Waals surface area contributed by atoms with Crippen LogP contribution >= 0.6 is 0 Å². The largest absolute Gasteiger partial charge is 0.424 e. The summed E-state index contributed by atoms with van der Waals surface area (Å²) in [6, 6.07) is 15.3. The Balaban J connectivity index is 1.70. The molecule has 3 aromatic rings. The summed E-state index contributed by atoms with van der Waals surface area (Å²) in [5.41, 5.74) is 3.11. The predicted octanol–water partition coefficient (Wildman–Crippen LogP) is 4.14. The number of benzene rings is 2. The van der Waals surface area contributed by atoms with Gasteiger partial charge in [-0.25, -0.2) is 9.97 Å². The van der Waals surface area contributed by atoms with Crippen LogP contribution in [0.5, 0.6) is 11.8 Å². The van der Waals surface area contributed by atoms with Gasteiger partial charge < -0.3 is 10.1 Å². The molecule has 2 aromatic carbocycles. The number of para-hydroxylation sites is 1. The number of nitrogens with zero attached hydrogens (tertiary/aromatic N) is 2. The van der Waals surface area contributed by atoms with Crippen molar-refractivity contribution in [1.82, 2.24) is 9.97 Å². The molecule has 5 heteroatoms. The lowest BCUT2D eigenvalue weighted by Gasteiger charge is -2.09. The SMILES string of the molecule is Cc1ccc(C)c(C(=O)Nc2cnc(Oc3ccccc3)nc2)c1. The van der Waals surface area contributed by atoms with Gasteiger partial charge in [0.25, 0.3) is 5.91 Å². The van der Waals surface area contributed by atoms with Crippen molar-refractivity contribution in [1.29, 1.82) is 0 Å². The second-order valence-corrected chi connectivity index (χ2v) is 5.44. The molecule has 0 radical (unpaired) electrons. The monoisotopic (exact) mass is 319 g/mol. The molecular weight excluding hydrogens is 302 g/mol. The van der Waals surface area contributed by atoms with E-state index in [1.807, 2.05) is 62.4 Å². The van der Waals surface area contributed by atoms with Crippen molar-refractivity contribution in [2.24, 2.45) is 0 Å². The lowest BCUT2D eigenvalue weighted by Crippen LogP contribution is -2.14. The van der Waals surface area contributed by atoms with Gasteiger partial charge in [-0.15, -0.1) is 0 Å². The van der Waals surface area contributed by atoms with E-state index < -0.39 is 0 Å². The highest BCUT2D eigenvalue weighted by Gasteiger charge is 2.10. The molecule has 1 amide bonds. The minimum absolute atomic E-state index is 0.184. The molecular formula is C19H17N3O2. The highest BCUT2D eigenvalue weighted by Crippen LogP contribution is 2.18. The Kier molecular flexibility index (Phi) is 4.52. The summed E-state index contributed by atoms with van der Waals surface area (Å²) in [6.45, 7) is 3.86. The van der Waals surface area contributed by atoms with Crippen LogP contribution < -0.4 is 10.1 Å². The normalized spacial score (nSPS) is 10.2. The van der Waals surface area contributed by atoms with E-state index in [1.165, 1.54) is 12.4 Å². The first-order valence-electron chi connectivity index (χ1n) is 7.55. The quantitative estimate of drug-likeness (QED) is 0.785. The van der Waals surface area contributed by atoms with E-state index >= 15 is 0 Å². The number of rotatable bonds is 4. The molecule has 1 heterocycles. The molecule has 3 rings (SSSR count). The van der Waals surface area contributed by atoms with Gasteiger partial charge in [-0.2, -0.15) is 0 Å². The second kappa shape index (κ2) is 6.91. The molecule has 0 aliphatic heterocycles. The molecule has 0 saturated heterocycles. The average Bonchev–Trinajstić information content (AvgIpc) is 2.59. The summed E-state index contributed by atoms with van der Waals surface area (Å²) in [5, 5.41) is 2.80. The van der Waals surface area contributed by atoms with E-state index in [-0.39, 0.29) is 11.9 Å². The molecule has 0 atom stereocenters. The molecule has 0 unspecified atom stereocenters. The fourth-order valence-electron chi connectivity index (χ4n) is 2.21. The summed E-state index contributed by atoms with van der Waals surface area (Å²) in [4.78, 5) is 20.6. The van der Waals surface area contributed by atoms with E-state index in [0.717, 1.165) is 11.1 Å². The number of aryl methyl sites for hydroxylation is 2. The molecule has 120 valence electrons. The topological polar surface area (TPSA) is 64.1 Å². The molecule has 0 bridgehead atoms. The third-order valence-electron chi connectivity index (χ3n) is 3.48. The van der Waals surface area contributed by atoms with Crippen molar-refractivity contribution in [3.63, 3.8) is 0 Å². The second-order valence-electron chi connectivity index (χ2n) is 5.44. The molecule has 0 spiro atoms. The van der Waals surface area contributed by atoms with Crippen LogP contribution in [0, 0.1) is 13.8 Å². The number of nitrogens with one attached hydrogen (secondary N) is 1. The molecule has 5 nitrogen and oxygen atoms in total. The third-order valence-corrected chi connectivity index (χ3v) is 3.48. The zero-order chi connectivity index (χ0) is 16.9. The standard InChI is InChI=1S/C19H17N3O2/c1-13-8-9-14(2)17(10-13)18(23)22-15-11-20-19(21-12-15)24-16-6-4-3-5-7-16/h3-12H,1-2H3,(H,22,23). The molecule has 0 aliphatic carbocycles.